The minimum Gasteiger partial charge on any atom is -0.319 e. The van der Waals surface area contributed by atoms with Gasteiger partial charge in [0, 0.05) is 15.7 Å². The van der Waals surface area contributed by atoms with Crippen LogP contribution in [0.5, 0.6) is 0 Å². The molecule has 3 nitrogen and oxygen atoms in total. The van der Waals surface area contributed by atoms with Gasteiger partial charge in [-0.2, -0.15) is 13.2 Å². The first-order chi connectivity index (χ1) is 15.6. The van der Waals surface area contributed by atoms with E-state index in [2.05, 4.69) is 26.1 Å². The monoisotopic (exact) mass is 527 g/mol. The Morgan fingerprint density at radius 3 is 2.35 bits per heavy atom. The van der Waals surface area contributed by atoms with E-state index in [0.29, 0.717) is 26.7 Å². The number of alkyl halides is 3. The van der Waals surface area contributed by atoms with Crippen molar-refractivity contribution >= 4 is 58.1 Å². The predicted molar refractivity (Wildman–Crippen MR) is 140 cm³/mol. The fraction of sp³-hybridized carbons (Fsp3) is 0.360. The van der Waals surface area contributed by atoms with Gasteiger partial charge in [0.25, 0.3) is 0 Å². The second-order valence-electron chi connectivity index (χ2n) is 9.69. The van der Waals surface area contributed by atoms with Crippen LogP contribution in [0.2, 0.25) is 10.0 Å². The minimum absolute atomic E-state index is 0.259. The van der Waals surface area contributed by atoms with E-state index in [1.807, 2.05) is 32.1 Å². The molecule has 0 spiro atoms. The van der Waals surface area contributed by atoms with E-state index in [-0.39, 0.29) is 11.5 Å². The Hall–Kier alpha value is -2.09. The van der Waals surface area contributed by atoms with Crippen LogP contribution in [0.15, 0.2) is 53.5 Å². The van der Waals surface area contributed by atoms with Crippen molar-refractivity contribution in [2.24, 2.45) is 10.4 Å². The molecule has 1 aliphatic rings. The van der Waals surface area contributed by atoms with E-state index < -0.39 is 17.3 Å². The molecule has 0 radical (unpaired) electrons. The van der Waals surface area contributed by atoms with E-state index >= 15 is 0 Å². The number of hydrogen-bond donors (Lipinski definition) is 1. The largest absolute Gasteiger partial charge is 0.416 e. The molecule has 1 heterocycles. The van der Waals surface area contributed by atoms with Crippen LogP contribution in [0, 0.1) is 5.41 Å². The molecule has 0 aromatic heterocycles. The molecule has 1 fully saturated rings. The number of rotatable bonds is 4. The van der Waals surface area contributed by atoms with Gasteiger partial charge in [0.2, 0.25) is 0 Å². The minimum atomic E-state index is -4.45. The van der Waals surface area contributed by atoms with Crippen molar-refractivity contribution in [2.75, 3.05) is 4.90 Å². The molecule has 1 unspecified atom stereocenters. The number of benzene rings is 2. The van der Waals surface area contributed by atoms with Crippen LogP contribution >= 0.6 is 35.4 Å². The van der Waals surface area contributed by atoms with Crippen LogP contribution in [-0.2, 0) is 6.18 Å². The summed E-state index contributed by atoms with van der Waals surface area (Å²) in [4.78, 5) is 6.62. The molecule has 0 amide bonds. The zero-order chi connectivity index (χ0) is 25.5. The molecule has 1 N–H and O–H groups in total. The smallest absolute Gasteiger partial charge is 0.319 e. The van der Waals surface area contributed by atoms with Gasteiger partial charge in [-0.15, -0.1) is 0 Å². The normalized spacial score (nSPS) is 18.6. The van der Waals surface area contributed by atoms with E-state index in [1.165, 1.54) is 6.07 Å². The highest BCUT2D eigenvalue weighted by atomic mass is 35.5. The van der Waals surface area contributed by atoms with Crippen molar-refractivity contribution in [3.05, 3.63) is 69.7 Å². The lowest BCUT2D eigenvalue weighted by atomic mass is 9.86. The molecule has 34 heavy (non-hydrogen) atoms. The molecule has 0 bridgehead atoms. The molecule has 9 heteroatoms. The number of amidine groups is 1. The maximum absolute atomic E-state index is 13.3. The van der Waals surface area contributed by atoms with Crippen molar-refractivity contribution < 1.29 is 13.2 Å². The summed E-state index contributed by atoms with van der Waals surface area (Å²) in [5.74, 6) is 0.571. The van der Waals surface area contributed by atoms with Crippen molar-refractivity contribution in [1.29, 1.82) is 0 Å². The second-order valence-corrected chi connectivity index (χ2v) is 10.9. The Labute approximate surface area is 213 Å². The first-order valence-electron chi connectivity index (χ1n) is 10.6. The zero-order valence-electron chi connectivity index (χ0n) is 19.5. The molecule has 2 aromatic carbocycles. The summed E-state index contributed by atoms with van der Waals surface area (Å²) in [6.07, 6.45) is -0.601. The van der Waals surface area contributed by atoms with Crippen LogP contribution < -0.4 is 10.2 Å². The Bertz CT molecular complexity index is 1150. The number of hydrogen-bond acceptors (Lipinski definition) is 2. The lowest BCUT2D eigenvalue weighted by Gasteiger charge is -2.33. The van der Waals surface area contributed by atoms with Gasteiger partial charge >= 0.3 is 6.18 Å². The van der Waals surface area contributed by atoms with Crippen LogP contribution in [0.3, 0.4) is 0 Å². The number of halogens is 5. The molecular weight excluding hydrogens is 502 g/mol. The van der Waals surface area contributed by atoms with Gasteiger partial charge in [-0.05, 0) is 67.4 Å². The Kier molecular flexibility index (Phi) is 7.42. The molecule has 1 saturated heterocycles. The first-order valence-corrected chi connectivity index (χ1v) is 11.8. The summed E-state index contributed by atoms with van der Waals surface area (Å²) in [6, 6.07) is 10.1. The number of nitrogens with one attached hydrogen (secondary N) is 1. The van der Waals surface area contributed by atoms with Gasteiger partial charge in [-0.25, -0.2) is 0 Å². The number of anilines is 1. The average Bonchev–Trinajstić information content (AvgIpc) is 2.92. The number of thiocarbonyl (C=S) groups is 1. The lowest BCUT2D eigenvalue weighted by molar-refractivity contribution is -0.137. The van der Waals surface area contributed by atoms with E-state index in [0.717, 1.165) is 17.7 Å². The second kappa shape index (κ2) is 9.51. The fourth-order valence-corrected chi connectivity index (χ4v) is 4.52. The molecule has 1 atom stereocenters. The van der Waals surface area contributed by atoms with Gasteiger partial charge < -0.3 is 10.2 Å². The van der Waals surface area contributed by atoms with Gasteiger partial charge in [0.05, 0.1) is 17.1 Å². The van der Waals surface area contributed by atoms with Gasteiger partial charge in [0.1, 0.15) is 5.84 Å². The molecule has 1 aliphatic heterocycles. The summed E-state index contributed by atoms with van der Waals surface area (Å²) < 4.78 is 39.9. The summed E-state index contributed by atoms with van der Waals surface area (Å²) in [5.41, 5.74) is -0.634. The quantitative estimate of drug-likeness (QED) is 0.408. The lowest BCUT2D eigenvalue weighted by Crippen LogP contribution is -2.45. The van der Waals surface area contributed by atoms with Crippen molar-refractivity contribution in [3.8, 4) is 0 Å². The molecule has 0 saturated carbocycles. The fourth-order valence-electron chi connectivity index (χ4n) is 3.62. The Morgan fingerprint density at radius 1 is 1.09 bits per heavy atom. The topological polar surface area (TPSA) is 27.6 Å². The SMILES string of the molecule is CC(C)(C)C(/C=C/c1ccc(Cl)cc1Cl)N=C1NC(=S)N(c2cccc(C(F)(F)F)c2)C1(C)C. The number of nitrogens with zero attached hydrogens (tertiary/aromatic N) is 2. The summed E-state index contributed by atoms with van der Waals surface area (Å²) >= 11 is 17.8. The van der Waals surface area contributed by atoms with Crippen LogP contribution in [0.1, 0.15) is 45.7 Å². The molecule has 3 rings (SSSR count). The van der Waals surface area contributed by atoms with Gasteiger partial charge in [-0.1, -0.05) is 68.3 Å². The van der Waals surface area contributed by atoms with Crippen LogP contribution in [-0.4, -0.2) is 22.5 Å². The Balaban J connectivity index is 1.98. The third kappa shape index (κ3) is 5.75. The standard InChI is InChI=1S/C25H26Cl2F3N3S/c1-23(2,3)20(12-10-15-9-11-17(26)14-19(15)27)31-21-24(4,5)33(22(34)32-21)18-8-6-7-16(13-18)25(28,29)30/h6-14,20H,1-5H3,(H,31,32,34)/b12-10+. The van der Waals surface area contributed by atoms with Gasteiger partial charge in [-0.3, -0.25) is 4.99 Å². The summed E-state index contributed by atoms with van der Waals surface area (Å²) in [5, 5.41) is 4.49. The molecule has 182 valence electrons. The number of aliphatic imine (C=N–C) groups is 1. The van der Waals surface area contributed by atoms with E-state index in [1.54, 1.807) is 23.1 Å². The highest BCUT2D eigenvalue weighted by molar-refractivity contribution is 7.80. The summed E-state index contributed by atoms with van der Waals surface area (Å²) in [6.45, 7) is 9.91. The first kappa shape index (κ1) is 26.5. The highest BCUT2D eigenvalue weighted by Gasteiger charge is 2.44. The highest BCUT2D eigenvalue weighted by Crippen LogP contribution is 2.36. The maximum atomic E-state index is 13.3. The third-order valence-electron chi connectivity index (χ3n) is 5.57. The van der Waals surface area contributed by atoms with Crippen molar-refractivity contribution in [1.82, 2.24) is 5.32 Å². The average molecular weight is 528 g/mol. The predicted octanol–water partition coefficient (Wildman–Crippen LogP) is 8.01. The maximum Gasteiger partial charge on any atom is 0.416 e. The van der Waals surface area contributed by atoms with Crippen LogP contribution in [0.25, 0.3) is 6.08 Å². The van der Waals surface area contributed by atoms with Crippen LogP contribution in [0.4, 0.5) is 18.9 Å². The van der Waals surface area contributed by atoms with E-state index in [9.17, 15) is 13.2 Å². The van der Waals surface area contributed by atoms with Crippen molar-refractivity contribution in [2.45, 2.75) is 52.4 Å². The van der Waals surface area contributed by atoms with Gasteiger partial charge in [0.15, 0.2) is 5.11 Å². The Morgan fingerprint density at radius 2 is 1.76 bits per heavy atom. The summed E-state index contributed by atoms with van der Waals surface area (Å²) in [7, 11) is 0. The molecule has 0 aliphatic carbocycles. The van der Waals surface area contributed by atoms with Crippen molar-refractivity contribution in [3.63, 3.8) is 0 Å². The van der Waals surface area contributed by atoms with E-state index in [4.69, 9.17) is 40.4 Å². The third-order valence-corrected chi connectivity index (χ3v) is 6.42. The molecule has 2 aromatic rings. The zero-order valence-corrected chi connectivity index (χ0v) is 21.8. The molecular formula is C25H26Cl2F3N3S.